The van der Waals surface area contributed by atoms with Gasteiger partial charge >= 0.3 is 0 Å². The molecule has 0 aromatic heterocycles. The van der Waals surface area contributed by atoms with Gasteiger partial charge < -0.3 is 9.64 Å². The van der Waals surface area contributed by atoms with E-state index in [1.165, 1.54) is 5.56 Å². The van der Waals surface area contributed by atoms with Crippen LogP contribution in [0.3, 0.4) is 0 Å². The summed E-state index contributed by atoms with van der Waals surface area (Å²) < 4.78 is 6.65. The highest BCUT2D eigenvalue weighted by Gasteiger charge is 2.47. The predicted octanol–water partition coefficient (Wildman–Crippen LogP) is 4.76. The molecule has 1 saturated heterocycles. The van der Waals surface area contributed by atoms with Gasteiger partial charge in [0.05, 0.1) is 0 Å². The first-order chi connectivity index (χ1) is 11.7. The van der Waals surface area contributed by atoms with Crippen molar-refractivity contribution in [2.24, 2.45) is 10.9 Å². The van der Waals surface area contributed by atoms with Crippen molar-refractivity contribution in [2.45, 2.75) is 32.3 Å². The first-order valence-corrected chi connectivity index (χ1v) is 8.87. The Hall–Kier alpha value is -2.29. The lowest BCUT2D eigenvalue weighted by molar-refractivity contribution is 0.0833. The van der Waals surface area contributed by atoms with Gasteiger partial charge in [0.25, 0.3) is 0 Å². The number of piperidine rings is 1. The first-order valence-electron chi connectivity index (χ1n) is 8.87. The van der Waals surface area contributed by atoms with E-state index in [9.17, 15) is 0 Å². The van der Waals surface area contributed by atoms with Crippen molar-refractivity contribution in [3.8, 4) is 5.75 Å². The van der Waals surface area contributed by atoms with E-state index in [-0.39, 0.29) is 0 Å². The Labute approximate surface area is 144 Å². The number of likely N-dealkylation sites (tertiary alicyclic amines) is 1. The molecule has 2 aliphatic heterocycles. The van der Waals surface area contributed by atoms with Crippen molar-refractivity contribution in [1.82, 2.24) is 4.90 Å². The second-order valence-corrected chi connectivity index (χ2v) is 7.14. The molecule has 1 unspecified atom stereocenters. The summed E-state index contributed by atoms with van der Waals surface area (Å²) in [4.78, 5) is 7.50. The summed E-state index contributed by atoms with van der Waals surface area (Å²) in [5.41, 5.74) is 1.68. The number of amidine groups is 1. The topological polar surface area (TPSA) is 24.8 Å². The molecule has 0 bridgehead atoms. The van der Waals surface area contributed by atoms with Crippen molar-refractivity contribution >= 4 is 11.5 Å². The Balaban J connectivity index is 1.87. The van der Waals surface area contributed by atoms with Gasteiger partial charge in [-0.2, -0.15) is 0 Å². The average molecular weight is 320 g/mol. The van der Waals surface area contributed by atoms with Crippen LogP contribution in [-0.2, 0) is 5.60 Å². The molecule has 1 fully saturated rings. The van der Waals surface area contributed by atoms with Gasteiger partial charge in [-0.1, -0.05) is 56.3 Å². The molecule has 2 aliphatic rings. The van der Waals surface area contributed by atoms with Crippen LogP contribution in [0.4, 0.5) is 5.69 Å². The third-order valence-electron chi connectivity index (χ3n) is 4.82. The SMILES string of the molecule is CC(C)CN1CCCC2(c3ccccc3)Oc3ccccc3N=C12. The number of ether oxygens (including phenoxy) is 1. The van der Waals surface area contributed by atoms with Gasteiger partial charge in [0.15, 0.2) is 11.4 Å². The summed E-state index contributed by atoms with van der Waals surface area (Å²) in [6.07, 6.45) is 2.08. The van der Waals surface area contributed by atoms with Crippen LogP contribution in [0.2, 0.25) is 0 Å². The minimum Gasteiger partial charge on any atom is -0.472 e. The number of nitrogens with zero attached hydrogens (tertiary/aromatic N) is 2. The van der Waals surface area contributed by atoms with Crippen LogP contribution < -0.4 is 4.74 Å². The van der Waals surface area contributed by atoms with E-state index in [4.69, 9.17) is 9.73 Å². The van der Waals surface area contributed by atoms with Crippen molar-refractivity contribution in [2.75, 3.05) is 13.1 Å². The van der Waals surface area contributed by atoms with E-state index in [1.54, 1.807) is 0 Å². The Kier molecular flexibility index (Phi) is 3.79. The fourth-order valence-corrected chi connectivity index (χ4v) is 3.85. The normalized spacial score (nSPS) is 22.5. The van der Waals surface area contributed by atoms with Crippen molar-refractivity contribution in [3.63, 3.8) is 0 Å². The maximum Gasteiger partial charge on any atom is 0.191 e. The fraction of sp³-hybridized carbons (Fsp3) is 0.381. The molecule has 24 heavy (non-hydrogen) atoms. The molecule has 2 aromatic carbocycles. The maximum absolute atomic E-state index is 6.65. The van der Waals surface area contributed by atoms with Crippen LogP contribution in [0, 0.1) is 5.92 Å². The van der Waals surface area contributed by atoms with Crippen molar-refractivity contribution in [3.05, 3.63) is 60.2 Å². The lowest BCUT2D eigenvalue weighted by Crippen LogP contribution is -2.56. The average Bonchev–Trinajstić information content (AvgIpc) is 2.61. The van der Waals surface area contributed by atoms with E-state index in [0.29, 0.717) is 5.92 Å². The molecule has 0 saturated carbocycles. The highest BCUT2D eigenvalue weighted by molar-refractivity contribution is 5.96. The fourth-order valence-electron chi connectivity index (χ4n) is 3.85. The molecule has 3 heteroatoms. The van der Waals surface area contributed by atoms with Crippen molar-refractivity contribution < 1.29 is 4.74 Å². The lowest BCUT2D eigenvalue weighted by Gasteiger charge is -2.47. The number of benzene rings is 2. The molecular weight excluding hydrogens is 296 g/mol. The summed E-state index contributed by atoms with van der Waals surface area (Å²) in [5, 5.41) is 0. The van der Waals surface area contributed by atoms with E-state index in [2.05, 4.69) is 49.1 Å². The summed E-state index contributed by atoms with van der Waals surface area (Å²) >= 11 is 0. The van der Waals surface area contributed by atoms with Gasteiger partial charge in [-0.3, -0.25) is 0 Å². The summed E-state index contributed by atoms with van der Waals surface area (Å²) in [6, 6.07) is 18.7. The zero-order valence-corrected chi connectivity index (χ0v) is 14.4. The number of aliphatic imine (C=N–C) groups is 1. The van der Waals surface area contributed by atoms with Gasteiger partial charge in [0.1, 0.15) is 11.4 Å². The van der Waals surface area contributed by atoms with Gasteiger partial charge in [-0.15, -0.1) is 0 Å². The van der Waals surface area contributed by atoms with Crippen LogP contribution in [0.5, 0.6) is 5.75 Å². The molecular formula is C21H24N2O. The Bertz CT molecular complexity index is 753. The van der Waals surface area contributed by atoms with Gasteiger partial charge in [-0.25, -0.2) is 4.99 Å². The van der Waals surface area contributed by atoms with E-state index < -0.39 is 5.60 Å². The Morgan fingerprint density at radius 2 is 1.83 bits per heavy atom. The molecule has 3 nitrogen and oxygen atoms in total. The zero-order valence-electron chi connectivity index (χ0n) is 14.4. The summed E-state index contributed by atoms with van der Waals surface area (Å²) in [7, 11) is 0. The summed E-state index contributed by atoms with van der Waals surface area (Å²) in [6.45, 7) is 6.59. The largest absolute Gasteiger partial charge is 0.472 e. The van der Waals surface area contributed by atoms with Gasteiger partial charge in [0, 0.05) is 25.1 Å². The highest BCUT2D eigenvalue weighted by atomic mass is 16.5. The van der Waals surface area contributed by atoms with Crippen LogP contribution in [0.15, 0.2) is 59.6 Å². The molecule has 0 spiro atoms. The van der Waals surface area contributed by atoms with Crippen LogP contribution in [-0.4, -0.2) is 23.8 Å². The molecule has 0 radical (unpaired) electrons. The minimum absolute atomic E-state index is 0.456. The third-order valence-corrected chi connectivity index (χ3v) is 4.82. The smallest absolute Gasteiger partial charge is 0.191 e. The summed E-state index contributed by atoms with van der Waals surface area (Å²) in [5.74, 6) is 2.56. The third kappa shape index (κ3) is 2.48. The number of hydrogen-bond donors (Lipinski definition) is 0. The highest BCUT2D eigenvalue weighted by Crippen LogP contribution is 2.45. The Morgan fingerprint density at radius 1 is 1.08 bits per heavy atom. The Morgan fingerprint density at radius 3 is 2.62 bits per heavy atom. The molecule has 2 heterocycles. The van der Waals surface area contributed by atoms with Gasteiger partial charge in [0.2, 0.25) is 0 Å². The second kappa shape index (κ2) is 5.97. The molecule has 1 atom stereocenters. The monoisotopic (exact) mass is 320 g/mol. The number of rotatable bonds is 3. The van der Waals surface area contributed by atoms with Crippen LogP contribution in [0.25, 0.3) is 0 Å². The number of para-hydroxylation sites is 2. The first kappa shape index (κ1) is 15.3. The number of hydrogen-bond acceptors (Lipinski definition) is 3. The van der Waals surface area contributed by atoms with Crippen LogP contribution in [0.1, 0.15) is 32.3 Å². The lowest BCUT2D eigenvalue weighted by atomic mass is 9.82. The maximum atomic E-state index is 6.65. The molecule has 2 aromatic rings. The molecule has 0 N–H and O–H groups in total. The quantitative estimate of drug-likeness (QED) is 0.815. The van der Waals surface area contributed by atoms with Crippen molar-refractivity contribution in [1.29, 1.82) is 0 Å². The molecule has 0 amide bonds. The minimum atomic E-state index is -0.456. The number of fused-ring (bicyclic) bond motifs is 2. The van der Waals surface area contributed by atoms with E-state index in [1.807, 2.05) is 24.3 Å². The van der Waals surface area contributed by atoms with E-state index >= 15 is 0 Å². The van der Waals surface area contributed by atoms with Gasteiger partial charge in [-0.05, 0) is 24.5 Å². The molecule has 4 rings (SSSR count). The molecule has 124 valence electrons. The standard InChI is InChI=1S/C21H24N2O/c1-16(2)15-23-14-8-13-21(17-9-4-3-5-10-17)20(23)22-18-11-6-7-12-19(18)24-21/h3-7,9-12,16H,8,13-15H2,1-2H3. The van der Waals surface area contributed by atoms with E-state index in [0.717, 1.165) is 43.2 Å². The molecule has 0 aliphatic carbocycles. The predicted molar refractivity (Wildman–Crippen MR) is 97.9 cm³/mol. The van der Waals surface area contributed by atoms with Crippen LogP contribution >= 0.6 is 0 Å². The zero-order chi connectivity index (χ0) is 16.6. The second-order valence-electron chi connectivity index (χ2n) is 7.14.